The lowest BCUT2D eigenvalue weighted by Crippen LogP contribution is -2.01. The third-order valence-electron chi connectivity index (χ3n) is 1.76. The molecule has 0 aliphatic carbocycles. The fourth-order valence-electron chi connectivity index (χ4n) is 1.15. The van der Waals surface area contributed by atoms with Crippen LogP contribution in [0, 0.1) is 0 Å². The fourth-order valence-corrected chi connectivity index (χ4v) is 2.65. The summed E-state index contributed by atoms with van der Waals surface area (Å²) < 4.78 is 0. The van der Waals surface area contributed by atoms with Gasteiger partial charge in [0.05, 0.1) is 16.3 Å². The molecule has 0 atom stereocenters. The highest BCUT2D eigenvalue weighted by Crippen LogP contribution is 2.18. The summed E-state index contributed by atoms with van der Waals surface area (Å²) in [6.07, 6.45) is 0.491. The van der Waals surface area contributed by atoms with Gasteiger partial charge in [-0.3, -0.25) is 9.79 Å². The third-order valence-corrected chi connectivity index (χ3v) is 3.66. The molecule has 0 unspecified atom stereocenters. The Morgan fingerprint density at radius 2 is 2.54 bits per heavy atom. The second-order valence-electron chi connectivity index (χ2n) is 2.70. The maximum absolute atomic E-state index is 11.6. The Morgan fingerprint density at radius 1 is 1.62 bits per heavy atom. The van der Waals surface area contributed by atoms with Gasteiger partial charge in [-0.2, -0.15) is 0 Å². The van der Waals surface area contributed by atoms with E-state index < -0.39 is 0 Å². The molecule has 68 valence electrons. The average Bonchev–Trinajstić information content (AvgIpc) is 2.74. The molecule has 4 heteroatoms. The van der Waals surface area contributed by atoms with Crippen molar-refractivity contribution in [3.63, 3.8) is 0 Å². The van der Waals surface area contributed by atoms with E-state index in [4.69, 9.17) is 0 Å². The summed E-state index contributed by atoms with van der Waals surface area (Å²) in [5.41, 5.74) is 0. The van der Waals surface area contributed by atoms with Crippen LogP contribution in [0.25, 0.3) is 0 Å². The molecule has 0 aromatic carbocycles. The number of aliphatic imine (C=N–C) groups is 1. The highest BCUT2D eigenvalue weighted by Gasteiger charge is 2.13. The van der Waals surface area contributed by atoms with Crippen LogP contribution in [0.4, 0.5) is 0 Å². The zero-order valence-corrected chi connectivity index (χ0v) is 8.66. The fraction of sp³-hybridized carbons (Fsp3) is 0.333. The summed E-state index contributed by atoms with van der Waals surface area (Å²) in [4.78, 5) is 16.7. The summed E-state index contributed by atoms with van der Waals surface area (Å²) in [5.74, 6) is 1.23. The largest absolute Gasteiger partial charge is 0.293 e. The van der Waals surface area contributed by atoms with Crippen molar-refractivity contribution in [1.29, 1.82) is 0 Å². The quantitative estimate of drug-likeness (QED) is 0.719. The molecule has 0 amide bonds. The third kappa shape index (κ3) is 2.19. The standard InChI is InChI=1S/C9H9NOS2/c11-7(8-2-1-4-12-8)6-9-10-3-5-13-9/h1-2,4H,3,5-6H2. The van der Waals surface area contributed by atoms with Crippen LogP contribution in [0.5, 0.6) is 0 Å². The van der Waals surface area contributed by atoms with E-state index in [-0.39, 0.29) is 5.78 Å². The number of hydrogen-bond acceptors (Lipinski definition) is 4. The molecule has 0 spiro atoms. The SMILES string of the molecule is O=C(CC1=NCCS1)c1cccs1. The van der Waals surface area contributed by atoms with Gasteiger partial charge in [-0.05, 0) is 11.4 Å². The normalized spacial score (nSPS) is 15.8. The van der Waals surface area contributed by atoms with Gasteiger partial charge in [0.15, 0.2) is 5.78 Å². The van der Waals surface area contributed by atoms with Gasteiger partial charge in [0.2, 0.25) is 0 Å². The van der Waals surface area contributed by atoms with E-state index in [0.717, 1.165) is 22.2 Å². The lowest BCUT2D eigenvalue weighted by Gasteiger charge is -1.95. The number of nitrogens with zero attached hydrogens (tertiary/aromatic N) is 1. The minimum atomic E-state index is 0.197. The van der Waals surface area contributed by atoms with E-state index in [9.17, 15) is 4.79 Å². The molecule has 0 saturated heterocycles. The molecular formula is C9H9NOS2. The molecule has 0 bridgehead atoms. The van der Waals surface area contributed by atoms with Gasteiger partial charge in [0.1, 0.15) is 0 Å². The maximum atomic E-state index is 11.6. The van der Waals surface area contributed by atoms with Gasteiger partial charge in [0, 0.05) is 12.3 Å². The van der Waals surface area contributed by atoms with Crippen molar-refractivity contribution in [2.24, 2.45) is 4.99 Å². The first-order chi connectivity index (χ1) is 6.36. The average molecular weight is 211 g/mol. The number of thioether (sulfide) groups is 1. The van der Waals surface area contributed by atoms with Crippen LogP contribution < -0.4 is 0 Å². The summed E-state index contributed by atoms with van der Waals surface area (Å²) in [7, 11) is 0. The molecule has 1 aliphatic heterocycles. The first kappa shape index (κ1) is 8.97. The predicted octanol–water partition coefficient (Wildman–Crippen LogP) is 2.47. The highest BCUT2D eigenvalue weighted by atomic mass is 32.2. The van der Waals surface area contributed by atoms with Crippen LogP contribution in [-0.2, 0) is 0 Å². The minimum absolute atomic E-state index is 0.197. The van der Waals surface area contributed by atoms with Crippen molar-refractivity contribution in [3.8, 4) is 0 Å². The zero-order chi connectivity index (χ0) is 9.10. The van der Waals surface area contributed by atoms with Crippen molar-refractivity contribution in [2.45, 2.75) is 6.42 Å². The number of carbonyl (C=O) groups excluding carboxylic acids is 1. The Balaban J connectivity index is 1.99. The van der Waals surface area contributed by atoms with Crippen LogP contribution in [0.2, 0.25) is 0 Å². The van der Waals surface area contributed by atoms with E-state index in [0.29, 0.717) is 6.42 Å². The number of Topliss-reactive ketones (excluding diaryl/α,β-unsaturated/α-hetero) is 1. The van der Waals surface area contributed by atoms with Crippen LogP contribution in [-0.4, -0.2) is 23.1 Å². The van der Waals surface area contributed by atoms with Gasteiger partial charge in [0.25, 0.3) is 0 Å². The summed E-state index contributed by atoms with van der Waals surface area (Å²) in [5, 5.41) is 2.93. The van der Waals surface area contributed by atoms with Gasteiger partial charge >= 0.3 is 0 Å². The maximum Gasteiger partial charge on any atom is 0.179 e. The Hall–Kier alpha value is -0.610. The Morgan fingerprint density at radius 3 is 3.15 bits per heavy atom. The molecule has 2 nitrogen and oxygen atoms in total. The summed E-state index contributed by atoms with van der Waals surface area (Å²) >= 11 is 3.20. The molecule has 0 saturated carbocycles. The summed E-state index contributed by atoms with van der Waals surface area (Å²) in [6, 6.07) is 3.77. The molecule has 13 heavy (non-hydrogen) atoms. The van der Waals surface area contributed by atoms with Gasteiger partial charge in [-0.1, -0.05) is 6.07 Å². The molecule has 0 N–H and O–H groups in total. The lowest BCUT2D eigenvalue weighted by molar-refractivity contribution is 0.100. The number of rotatable bonds is 3. The van der Waals surface area contributed by atoms with Crippen molar-refractivity contribution in [3.05, 3.63) is 22.4 Å². The van der Waals surface area contributed by atoms with Gasteiger partial charge in [-0.25, -0.2) is 0 Å². The van der Waals surface area contributed by atoms with Crippen LogP contribution in [0.1, 0.15) is 16.1 Å². The van der Waals surface area contributed by atoms with Crippen molar-refractivity contribution in [1.82, 2.24) is 0 Å². The van der Waals surface area contributed by atoms with Crippen molar-refractivity contribution >= 4 is 33.9 Å². The molecule has 1 aliphatic rings. The van der Waals surface area contributed by atoms with E-state index in [1.165, 1.54) is 11.3 Å². The smallest absolute Gasteiger partial charge is 0.179 e. The minimum Gasteiger partial charge on any atom is -0.293 e. The van der Waals surface area contributed by atoms with Crippen LogP contribution in [0.3, 0.4) is 0 Å². The van der Waals surface area contributed by atoms with E-state index in [1.807, 2.05) is 17.5 Å². The van der Waals surface area contributed by atoms with Gasteiger partial charge in [-0.15, -0.1) is 23.1 Å². The number of hydrogen-bond donors (Lipinski definition) is 0. The monoisotopic (exact) mass is 211 g/mol. The molecule has 2 heterocycles. The Kier molecular flexibility index (Phi) is 2.80. The second kappa shape index (κ2) is 4.07. The number of thiophene rings is 1. The van der Waals surface area contributed by atoms with Crippen molar-refractivity contribution in [2.75, 3.05) is 12.3 Å². The van der Waals surface area contributed by atoms with E-state index in [1.54, 1.807) is 11.8 Å². The Bertz CT molecular complexity index is 329. The van der Waals surface area contributed by atoms with Gasteiger partial charge < -0.3 is 0 Å². The van der Waals surface area contributed by atoms with Crippen LogP contribution >= 0.6 is 23.1 Å². The van der Waals surface area contributed by atoms with E-state index in [2.05, 4.69) is 4.99 Å². The molecular weight excluding hydrogens is 202 g/mol. The van der Waals surface area contributed by atoms with Crippen LogP contribution in [0.15, 0.2) is 22.5 Å². The van der Waals surface area contributed by atoms with E-state index >= 15 is 0 Å². The summed E-state index contributed by atoms with van der Waals surface area (Å²) in [6.45, 7) is 0.873. The zero-order valence-electron chi connectivity index (χ0n) is 7.03. The number of carbonyl (C=O) groups is 1. The second-order valence-corrected chi connectivity index (χ2v) is 4.82. The molecule has 0 radical (unpaired) electrons. The predicted molar refractivity (Wildman–Crippen MR) is 58.0 cm³/mol. The molecule has 1 aromatic heterocycles. The molecule has 1 aromatic rings. The first-order valence-corrected chi connectivity index (χ1v) is 5.95. The highest BCUT2D eigenvalue weighted by molar-refractivity contribution is 8.14. The topological polar surface area (TPSA) is 29.4 Å². The Labute approximate surface area is 85.1 Å². The molecule has 2 rings (SSSR count). The lowest BCUT2D eigenvalue weighted by atomic mass is 10.2. The van der Waals surface area contributed by atoms with Crippen molar-refractivity contribution < 1.29 is 4.79 Å². The number of ketones is 1. The molecule has 0 fully saturated rings. The first-order valence-electron chi connectivity index (χ1n) is 4.09.